The molecule has 0 atom stereocenters. The van der Waals surface area contributed by atoms with Gasteiger partial charge in [0, 0.05) is 12.5 Å². The van der Waals surface area contributed by atoms with Crippen molar-refractivity contribution in [3.63, 3.8) is 0 Å². The third-order valence-electron chi connectivity index (χ3n) is 1.06. The standard InChI is InChI=1S/C6H6O3.C2H4O2/c7-3-5-1-2-9-6(5)4-8;1-2(3)4/h1-2,4,7H,3H2;1H3,(H,3,4). The Morgan fingerprint density at radius 2 is 2.23 bits per heavy atom. The number of hydrogen-bond acceptors (Lipinski definition) is 4. The fourth-order valence-electron chi connectivity index (χ4n) is 0.581. The lowest BCUT2D eigenvalue weighted by atomic mass is 10.3. The third kappa shape index (κ3) is 4.76. The van der Waals surface area contributed by atoms with E-state index in [0.29, 0.717) is 11.8 Å². The van der Waals surface area contributed by atoms with Crippen LogP contribution in [0.15, 0.2) is 16.7 Å². The summed E-state index contributed by atoms with van der Waals surface area (Å²) in [6, 6.07) is 1.56. The maximum Gasteiger partial charge on any atom is 0.300 e. The van der Waals surface area contributed by atoms with Crippen molar-refractivity contribution >= 4 is 12.3 Å². The van der Waals surface area contributed by atoms with Gasteiger partial charge in [0.05, 0.1) is 12.9 Å². The van der Waals surface area contributed by atoms with Gasteiger partial charge in [-0.25, -0.2) is 0 Å². The minimum absolute atomic E-state index is 0.148. The molecule has 0 bridgehead atoms. The molecule has 0 aliphatic rings. The molecule has 0 unspecified atom stereocenters. The molecule has 0 aliphatic heterocycles. The number of carbonyl (C=O) groups excluding carboxylic acids is 1. The van der Waals surface area contributed by atoms with Gasteiger partial charge in [-0.1, -0.05) is 0 Å². The minimum Gasteiger partial charge on any atom is -0.481 e. The summed E-state index contributed by atoms with van der Waals surface area (Å²) in [6.45, 7) is 0.935. The van der Waals surface area contributed by atoms with E-state index in [1.54, 1.807) is 6.07 Å². The maximum atomic E-state index is 10.0. The summed E-state index contributed by atoms with van der Waals surface area (Å²) >= 11 is 0. The molecule has 1 aromatic heterocycles. The number of hydrogen-bond donors (Lipinski definition) is 2. The molecular weight excluding hydrogens is 176 g/mol. The number of rotatable bonds is 2. The van der Waals surface area contributed by atoms with Crippen LogP contribution >= 0.6 is 0 Å². The van der Waals surface area contributed by atoms with Crippen molar-refractivity contribution in [2.75, 3.05) is 0 Å². The van der Waals surface area contributed by atoms with Crippen LogP contribution in [0.2, 0.25) is 0 Å². The van der Waals surface area contributed by atoms with E-state index >= 15 is 0 Å². The van der Waals surface area contributed by atoms with E-state index in [1.165, 1.54) is 6.26 Å². The Kier molecular flexibility index (Phi) is 5.22. The number of aldehydes is 1. The Labute approximate surface area is 74.6 Å². The monoisotopic (exact) mass is 186 g/mol. The zero-order chi connectivity index (χ0) is 10.3. The lowest BCUT2D eigenvalue weighted by molar-refractivity contribution is -0.134. The van der Waals surface area contributed by atoms with Gasteiger partial charge in [0.15, 0.2) is 12.0 Å². The first-order valence-electron chi connectivity index (χ1n) is 3.43. The summed E-state index contributed by atoms with van der Waals surface area (Å²) in [4.78, 5) is 19.0. The smallest absolute Gasteiger partial charge is 0.300 e. The van der Waals surface area contributed by atoms with Crippen LogP contribution in [-0.2, 0) is 11.4 Å². The molecular formula is C8H10O5. The first kappa shape index (κ1) is 11.4. The highest BCUT2D eigenvalue weighted by molar-refractivity contribution is 5.72. The average Bonchev–Trinajstić information content (AvgIpc) is 2.49. The molecule has 5 nitrogen and oxygen atoms in total. The van der Waals surface area contributed by atoms with E-state index in [1.807, 2.05) is 0 Å². The SMILES string of the molecule is CC(=O)O.O=Cc1occc1CO. The molecule has 13 heavy (non-hydrogen) atoms. The van der Waals surface area contributed by atoms with Crippen LogP contribution < -0.4 is 0 Å². The zero-order valence-electron chi connectivity index (χ0n) is 7.06. The van der Waals surface area contributed by atoms with Crippen LogP contribution in [-0.4, -0.2) is 22.5 Å². The average molecular weight is 186 g/mol. The van der Waals surface area contributed by atoms with Crippen LogP contribution in [0.4, 0.5) is 0 Å². The van der Waals surface area contributed by atoms with Crippen LogP contribution in [0, 0.1) is 0 Å². The molecule has 0 aromatic carbocycles. The molecule has 5 heteroatoms. The van der Waals surface area contributed by atoms with E-state index in [-0.39, 0.29) is 12.4 Å². The molecule has 0 saturated heterocycles. The minimum atomic E-state index is -0.833. The molecule has 0 saturated carbocycles. The predicted octanol–water partition coefficient (Wildman–Crippen LogP) is 0.675. The molecule has 0 aliphatic carbocycles. The van der Waals surface area contributed by atoms with E-state index in [2.05, 4.69) is 4.42 Å². The maximum absolute atomic E-state index is 10.0. The number of carboxylic acids is 1. The number of aliphatic hydroxyl groups excluding tert-OH is 1. The second-order valence-corrected chi connectivity index (χ2v) is 2.11. The highest BCUT2D eigenvalue weighted by Gasteiger charge is 2.00. The quantitative estimate of drug-likeness (QED) is 0.663. The van der Waals surface area contributed by atoms with E-state index < -0.39 is 5.97 Å². The Balaban J connectivity index is 0.000000310. The first-order valence-corrected chi connectivity index (χ1v) is 3.43. The van der Waals surface area contributed by atoms with Crippen LogP contribution in [0.1, 0.15) is 23.0 Å². The van der Waals surface area contributed by atoms with Crippen molar-refractivity contribution in [3.8, 4) is 0 Å². The van der Waals surface area contributed by atoms with Crippen molar-refractivity contribution in [3.05, 3.63) is 23.7 Å². The molecule has 1 heterocycles. The first-order chi connectivity index (χ1) is 6.11. The van der Waals surface area contributed by atoms with E-state index in [0.717, 1.165) is 6.92 Å². The van der Waals surface area contributed by atoms with Gasteiger partial charge in [-0.15, -0.1) is 0 Å². The lowest BCUT2D eigenvalue weighted by Crippen LogP contribution is -1.84. The largest absolute Gasteiger partial charge is 0.481 e. The summed E-state index contributed by atoms with van der Waals surface area (Å²) in [5, 5.41) is 15.9. The van der Waals surface area contributed by atoms with Gasteiger partial charge in [0.1, 0.15) is 0 Å². The van der Waals surface area contributed by atoms with Gasteiger partial charge in [-0.05, 0) is 6.07 Å². The summed E-state index contributed by atoms with van der Waals surface area (Å²) in [6.07, 6.45) is 1.95. The van der Waals surface area contributed by atoms with Crippen molar-refractivity contribution < 1.29 is 24.2 Å². The normalized spacial score (nSPS) is 8.46. The number of furan rings is 1. The van der Waals surface area contributed by atoms with E-state index in [4.69, 9.17) is 15.0 Å². The highest BCUT2D eigenvalue weighted by Crippen LogP contribution is 2.06. The molecule has 1 aromatic rings. The number of aliphatic carboxylic acids is 1. The molecule has 72 valence electrons. The van der Waals surface area contributed by atoms with Gasteiger partial charge < -0.3 is 14.6 Å². The van der Waals surface area contributed by atoms with Crippen LogP contribution in [0.25, 0.3) is 0 Å². The van der Waals surface area contributed by atoms with Gasteiger partial charge in [0.2, 0.25) is 0 Å². The zero-order valence-corrected chi connectivity index (χ0v) is 7.06. The van der Waals surface area contributed by atoms with Crippen molar-refractivity contribution in [1.29, 1.82) is 0 Å². The Hall–Kier alpha value is -1.62. The number of aliphatic hydroxyl groups is 1. The van der Waals surface area contributed by atoms with Gasteiger partial charge >= 0.3 is 0 Å². The fourth-order valence-corrected chi connectivity index (χ4v) is 0.581. The Morgan fingerprint density at radius 3 is 2.54 bits per heavy atom. The molecule has 0 fully saturated rings. The van der Waals surface area contributed by atoms with Gasteiger partial charge in [-0.2, -0.15) is 0 Å². The molecule has 1 rings (SSSR count). The van der Waals surface area contributed by atoms with Crippen LogP contribution in [0.3, 0.4) is 0 Å². The Morgan fingerprint density at radius 1 is 1.69 bits per heavy atom. The lowest BCUT2D eigenvalue weighted by Gasteiger charge is -1.85. The summed E-state index contributed by atoms with van der Waals surface area (Å²) in [5.41, 5.74) is 0.532. The molecule has 2 N–H and O–H groups in total. The second kappa shape index (κ2) is 5.96. The van der Waals surface area contributed by atoms with Gasteiger partial charge in [-0.3, -0.25) is 9.59 Å². The van der Waals surface area contributed by atoms with E-state index in [9.17, 15) is 4.79 Å². The third-order valence-corrected chi connectivity index (χ3v) is 1.06. The predicted molar refractivity (Wildman–Crippen MR) is 43.3 cm³/mol. The Bertz CT molecular complexity index is 272. The highest BCUT2D eigenvalue weighted by atomic mass is 16.4. The molecule has 0 spiro atoms. The topological polar surface area (TPSA) is 87.7 Å². The summed E-state index contributed by atoms with van der Waals surface area (Å²) < 4.78 is 4.68. The van der Waals surface area contributed by atoms with Crippen molar-refractivity contribution in [1.82, 2.24) is 0 Å². The molecule has 0 radical (unpaired) electrons. The number of carboxylic acid groups (broad SMARTS) is 1. The van der Waals surface area contributed by atoms with Crippen LogP contribution in [0.5, 0.6) is 0 Å². The second-order valence-electron chi connectivity index (χ2n) is 2.11. The molecule has 0 amide bonds. The summed E-state index contributed by atoms with van der Waals surface area (Å²) in [7, 11) is 0. The van der Waals surface area contributed by atoms with Gasteiger partial charge in [0.25, 0.3) is 5.97 Å². The number of carbonyl (C=O) groups is 2. The summed E-state index contributed by atoms with van der Waals surface area (Å²) in [5.74, 6) is -0.627. The van der Waals surface area contributed by atoms with Crippen molar-refractivity contribution in [2.45, 2.75) is 13.5 Å². The fraction of sp³-hybridized carbons (Fsp3) is 0.250. The van der Waals surface area contributed by atoms with Crippen molar-refractivity contribution in [2.24, 2.45) is 0 Å².